The van der Waals surface area contributed by atoms with Crippen LogP contribution in [0.4, 0.5) is 0 Å². The van der Waals surface area contributed by atoms with E-state index in [0.717, 1.165) is 27.8 Å². The third-order valence-corrected chi connectivity index (χ3v) is 4.20. The molecule has 1 aliphatic heterocycles. The molecule has 1 unspecified atom stereocenters. The quantitative estimate of drug-likeness (QED) is 0.823. The van der Waals surface area contributed by atoms with Gasteiger partial charge in [0, 0.05) is 33.1 Å². The third kappa shape index (κ3) is 2.50. The lowest BCUT2D eigenvalue weighted by Gasteiger charge is -2.31. The first-order chi connectivity index (χ1) is 9.15. The molecular formula is C15H13BrClNO. The van der Waals surface area contributed by atoms with Crippen molar-refractivity contribution in [1.29, 1.82) is 0 Å². The van der Waals surface area contributed by atoms with Gasteiger partial charge in [0.2, 0.25) is 0 Å². The molecule has 2 atom stereocenters. The fourth-order valence-corrected chi connectivity index (χ4v) is 3.02. The number of rotatable bonds is 1. The molecule has 0 saturated heterocycles. The molecular weight excluding hydrogens is 326 g/mol. The average molecular weight is 339 g/mol. The van der Waals surface area contributed by atoms with Gasteiger partial charge < -0.3 is 10.5 Å². The summed E-state index contributed by atoms with van der Waals surface area (Å²) < 4.78 is 7.03. The van der Waals surface area contributed by atoms with Crippen LogP contribution in [-0.4, -0.2) is 0 Å². The van der Waals surface area contributed by atoms with E-state index in [1.54, 1.807) is 0 Å². The molecule has 0 aromatic heterocycles. The maximum absolute atomic E-state index is 6.26. The predicted octanol–water partition coefficient (Wildman–Crippen LogP) is 4.63. The molecule has 1 heterocycles. The van der Waals surface area contributed by atoms with E-state index in [9.17, 15) is 0 Å². The molecule has 2 aromatic rings. The summed E-state index contributed by atoms with van der Waals surface area (Å²) in [5.74, 6) is 0.849. The first-order valence-corrected chi connectivity index (χ1v) is 7.28. The van der Waals surface area contributed by atoms with Crippen molar-refractivity contribution in [1.82, 2.24) is 0 Å². The number of ether oxygens (including phenoxy) is 1. The SMILES string of the molecule is N[C@@H]1CC(c2cc(Br)ccc2Cl)Oc2ccccc21. The van der Waals surface area contributed by atoms with Crippen LogP contribution in [0.2, 0.25) is 5.02 Å². The van der Waals surface area contributed by atoms with Crippen molar-refractivity contribution in [2.45, 2.75) is 18.6 Å². The fourth-order valence-electron chi connectivity index (χ4n) is 2.40. The van der Waals surface area contributed by atoms with Gasteiger partial charge in [0.15, 0.2) is 0 Å². The van der Waals surface area contributed by atoms with Gasteiger partial charge in [-0.05, 0) is 24.3 Å². The Morgan fingerprint density at radius 1 is 1.16 bits per heavy atom. The Kier molecular flexibility index (Phi) is 3.52. The highest BCUT2D eigenvalue weighted by molar-refractivity contribution is 9.10. The summed E-state index contributed by atoms with van der Waals surface area (Å²) in [4.78, 5) is 0. The molecule has 0 spiro atoms. The van der Waals surface area contributed by atoms with E-state index in [1.807, 2.05) is 42.5 Å². The molecule has 98 valence electrons. The van der Waals surface area contributed by atoms with Crippen LogP contribution in [-0.2, 0) is 0 Å². The lowest BCUT2D eigenvalue weighted by atomic mass is 9.93. The summed E-state index contributed by atoms with van der Waals surface area (Å²) in [5, 5.41) is 0.708. The van der Waals surface area contributed by atoms with Crippen LogP contribution in [0.3, 0.4) is 0 Å². The highest BCUT2D eigenvalue weighted by atomic mass is 79.9. The Bertz CT molecular complexity index is 617. The zero-order chi connectivity index (χ0) is 13.4. The van der Waals surface area contributed by atoms with E-state index in [2.05, 4.69) is 15.9 Å². The Morgan fingerprint density at radius 3 is 2.79 bits per heavy atom. The minimum absolute atomic E-state index is 0.0231. The van der Waals surface area contributed by atoms with Gasteiger partial charge in [-0.3, -0.25) is 0 Å². The van der Waals surface area contributed by atoms with Gasteiger partial charge in [0.1, 0.15) is 11.9 Å². The van der Waals surface area contributed by atoms with Gasteiger partial charge in [-0.1, -0.05) is 45.7 Å². The van der Waals surface area contributed by atoms with Crippen LogP contribution in [0.15, 0.2) is 46.9 Å². The number of hydrogen-bond acceptors (Lipinski definition) is 2. The van der Waals surface area contributed by atoms with E-state index in [1.165, 1.54) is 0 Å². The summed E-state index contributed by atoms with van der Waals surface area (Å²) >= 11 is 9.73. The zero-order valence-corrected chi connectivity index (χ0v) is 12.5. The number of benzene rings is 2. The molecule has 2 nitrogen and oxygen atoms in total. The minimum atomic E-state index is -0.102. The largest absolute Gasteiger partial charge is 0.485 e. The van der Waals surface area contributed by atoms with Gasteiger partial charge in [0.05, 0.1) is 0 Å². The van der Waals surface area contributed by atoms with Crippen molar-refractivity contribution in [3.63, 3.8) is 0 Å². The van der Waals surface area contributed by atoms with Crippen LogP contribution < -0.4 is 10.5 Å². The smallest absolute Gasteiger partial charge is 0.127 e. The van der Waals surface area contributed by atoms with Crippen molar-refractivity contribution in [2.75, 3.05) is 0 Å². The van der Waals surface area contributed by atoms with Crippen molar-refractivity contribution in [2.24, 2.45) is 5.73 Å². The molecule has 1 aliphatic rings. The van der Waals surface area contributed by atoms with Crippen molar-refractivity contribution in [3.8, 4) is 5.75 Å². The molecule has 2 aromatic carbocycles. The Morgan fingerprint density at radius 2 is 1.95 bits per heavy atom. The molecule has 0 saturated carbocycles. The minimum Gasteiger partial charge on any atom is -0.485 e. The van der Waals surface area contributed by atoms with Crippen molar-refractivity contribution < 1.29 is 4.74 Å². The first-order valence-electron chi connectivity index (χ1n) is 6.11. The molecule has 3 rings (SSSR count). The van der Waals surface area contributed by atoms with E-state index in [0.29, 0.717) is 5.02 Å². The van der Waals surface area contributed by atoms with Crippen molar-refractivity contribution in [3.05, 3.63) is 63.1 Å². The molecule has 0 radical (unpaired) electrons. The predicted molar refractivity (Wildman–Crippen MR) is 80.5 cm³/mol. The van der Waals surface area contributed by atoms with Crippen LogP contribution in [0, 0.1) is 0 Å². The monoisotopic (exact) mass is 337 g/mol. The van der Waals surface area contributed by atoms with Gasteiger partial charge in [0.25, 0.3) is 0 Å². The Balaban J connectivity index is 1.99. The number of fused-ring (bicyclic) bond motifs is 1. The van der Waals surface area contributed by atoms with Crippen LogP contribution in [0.1, 0.15) is 29.7 Å². The van der Waals surface area contributed by atoms with Crippen LogP contribution in [0.25, 0.3) is 0 Å². The maximum atomic E-state index is 6.26. The second kappa shape index (κ2) is 5.16. The molecule has 0 aliphatic carbocycles. The fraction of sp³-hybridized carbons (Fsp3) is 0.200. The number of nitrogens with two attached hydrogens (primary N) is 1. The van der Waals surface area contributed by atoms with Gasteiger partial charge >= 0.3 is 0 Å². The summed E-state index contributed by atoms with van der Waals surface area (Å²) in [6.07, 6.45) is 0.627. The lowest BCUT2D eigenvalue weighted by molar-refractivity contribution is 0.161. The first kappa shape index (κ1) is 13.0. The van der Waals surface area contributed by atoms with E-state index >= 15 is 0 Å². The Hall–Kier alpha value is -1.03. The van der Waals surface area contributed by atoms with Gasteiger partial charge in [-0.15, -0.1) is 0 Å². The summed E-state index contributed by atoms with van der Waals surface area (Å²) in [6.45, 7) is 0. The molecule has 2 N–H and O–H groups in total. The normalized spacial score (nSPS) is 21.6. The van der Waals surface area contributed by atoms with E-state index in [-0.39, 0.29) is 12.1 Å². The highest BCUT2D eigenvalue weighted by Crippen LogP contribution is 2.41. The molecule has 4 heteroatoms. The molecule has 0 amide bonds. The third-order valence-electron chi connectivity index (χ3n) is 3.36. The van der Waals surface area contributed by atoms with E-state index in [4.69, 9.17) is 22.1 Å². The summed E-state index contributed by atoms with van der Waals surface area (Å²) in [6, 6.07) is 13.7. The molecule has 0 fully saturated rings. The standard InChI is InChI=1S/C15H13BrClNO/c16-9-5-6-12(17)11(7-9)15-8-13(18)10-3-1-2-4-14(10)19-15/h1-7,13,15H,8,18H2/t13-,15?/m1/s1. The maximum Gasteiger partial charge on any atom is 0.127 e. The average Bonchev–Trinajstić information content (AvgIpc) is 2.41. The summed E-state index contributed by atoms with van der Waals surface area (Å²) in [7, 11) is 0. The van der Waals surface area contributed by atoms with Crippen molar-refractivity contribution >= 4 is 27.5 Å². The zero-order valence-electron chi connectivity index (χ0n) is 10.1. The van der Waals surface area contributed by atoms with E-state index < -0.39 is 0 Å². The molecule has 0 bridgehead atoms. The second-order valence-corrected chi connectivity index (χ2v) is 5.98. The second-order valence-electron chi connectivity index (χ2n) is 4.65. The summed E-state index contributed by atoms with van der Waals surface area (Å²) in [5.41, 5.74) is 8.26. The van der Waals surface area contributed by atoms with Gasteiger partial charge in [-0.2, -0.15) is 0 Å². The Labute approximate surface area is 125 Å². The number of hydrogen-bond donors (Lipinski definition) is 1. The topological polar surface area (TPSA) is 35.2 Å². The molecule has 19 heavy (non-hydrogen) atoms. The van der Waals surface area contributed by atoms with Crippen LogP contribution >= 0.6 is 27.5 Å². The number of halogens is 2. The number of para-hydroxylation sites is 1. The lowest BCUT2D eigenvalue weighted by Crippen LogP contribution is -2.24. The van der Waals surface area contributed by atoms with Crippen LogP contribution in [0.5, 0.6) is 5.75 Å². The van der Waals surface area contributed by atoms with Gasteiger partial charge in [-0.25, -0.2) is 0 Å². The highest BCUT2D eigenvalue weighted by Gasteiger charge is 2.28.